The lowest BCUT2D eigenvalue weighted by molar-refractivity contribution is -0.149. The molecule has 0 aromatic rings. The van der Waals surface area contributed by atoms with E-state index in [1.807, 2.05) is 13.0 Å². The van der Waals surface area contributed by atoms with Crippen LogP contribution in [0, 0.1) is 0 Å². The molecule has 15 heavy (non-hydrogen) atoms. The third kappa shape index (κ3) is 2.91. The van der Waals surface area contributed by atoms with Gasteiger partial charge in [-0.2, -0.15) is 0 Å². The molecular formula is C11H17NO3. The Morgan fingerprint density at radius 3 is 3.07 bits per heavy atom. The van der Waals surface area contributed by atoms with Crippen molar-refractivity contribution < 1.29 is 14.6 Å². The van der Waals surface area contributed by atoms with E-state index in [9.17, 15) is 4.79 Å². The quantitative estimate of drug-likeness (QED) is 0.549. The molecule has 1 unspecified atom stereocenters. The highest BCUT2D eigenvalue weighted by Crippen LogP contribution is 2.22. The predicted molar refractivity (Wildman–Crippen MR) is 57.1 cm³/mol. The molecule has 0 aromatic heterocycles. The maximum absolute atomic E-state index is 11.6. The van der Waals surface area contributed by atoms with E-state index in [1.165, 1.54) is 6.08 Å². The van der Waals surface area contributed by atoms with E-state index in [0.29, 0.717) is 13.0 Å². The Labute approximate surface area is 89.8 Å². The maximum Gasteiger partial charge on any atom is 0.324 e. The van der Waals surface area contributed by atoms with Gasteiger partial charge in [0.1, 0.15) is 12.6 Å². The Bertz CT molecular complexity index is 273. The molecule has 1 aliphatic heterocycles. The molecular weight excluding hydrogens is 194 g/mol. The van der Waals surface area contributed by atoms with Gasteiger partial charge in [-0.1, -0.05) is 24.3 Å². The number of likely N-dealkylation sites (tertiary alicyclic amines) is 1. The van der Waals surface area contributed by atoms with Crippen molar-refractivity contribution in [2.75, 3.05) is 19.9 Å². The Morgan fingerprint density at radius 2 is 2.53 bits per heavy atom. The van der Waals surface area contributed by atoms with Crippen LogP contribution in [-0.4, -0.2) is 41.9 Å². The van der Waals surface area contributed by atoms with Crippen LogP contribution in [0.25, 0.3) is 0 Å². The van der Waals surface area contributed by atoms with Gasteiger partial charge in [-0.05, 0) is 13.3 Å². The second kappa shape index (κ2) is 5.68. The van der Waals surface area contributed by atoms with E-state index in [4.69, 9.17) is 9.84 Å². The number of hydrogen-bond acceptors (Lipinski definition) is 4. The molecule has 0 aromatic carbocycles. The molecule has 1 saturated heterocycles. The second-order valence-corrected chi connectivity index (χ2v) is 3.47. The third-order valence-corrected chi connectivity index (χ3v) is 2.51. The predicted octanol–water partition coefficient (Wildman–Crippen LogP) is 0.686. The van der Waals surface area contributed by atoms with Crippen molar-refractivity contribution in [2.24, 2.45) is 0 Å². The number of carbonyl (C=O) groups is 1. The van der Waals surface area contributed by atoms with Crippen molar-refractivity contribution in [3.63, 3.8) is 0 Å². The number of ether oxygens (including phenoxy) is 1. The molecule has 1 aliphatic rings. The molecule has 0 aliphatic carbocycles. The topological polar surface area (TPSA) is 49.8 Å². The number of nitrogens with zero attached hydrogens (tertiary/aromatic N) is 1. The summed E-state index contributed by atoms with van der Waals surface area (Å²) in [5.74, 6) is -0.291. The van der Waals surface area contributed by atoms with Gasteiger partial charge in [0.05, 0.1) is 6.73 Å². The molecule has 1 fully saturated rings. The first-order valence-electron chi connectivity index (χ1n) is 4.99. The highest BCUT2D eigenvalue weighted by atomic mass is 16.5. The summed E-state index contributed by atoms with van der Waals surface area (Å²) < 4.78 is 4.96. The molecule has 1 N–H and O–H groups in total. The van der Waals surface area contributed by atoms with Gasteiger partial charge < -0.3 is 9.84 Å². The third-order valence-electron chi connectivity index (χ3n) is 2.51. The molecule has 1 atom stereocenters. The minimum atomic E-state index is -0.346. The number of carbonyl (C=O) groups excluding carboxylic acids is 1. The molecule has 1 heterocycles. The van der Waals surface area contributed by atoms with Gasteiger partial charge in [-0.15, -0.1) is 0 Å². The summed E-state index contributed by atoms with van der Waals surface area (Å²) >= 11 is 0. The monoisotopic (exact) mass is 211 g/mol. The molecule has 0 amide bonds. The minimum Gasteiger partial charge on any atom is -0.460 e. The summed E-state index contributed by atoms with van der Waals surface area (Å²) in [5.41, 5.74) is 1.16. The van der Waals surface area contributed by atoms with Crippen LogP contribution in [0.1, 0.15) is 13.3 Å². The van der Waals surface area contributed by atoms with Crippen molar-refractivity contribution in [3.05, 3.63) is 24.3 Å². The smallest absolute Gasteiger partial charge is 0.324 e. The molecule has 0 saturated carbocycles. The Morgan fingerprint density at radius 1 is 1.80 bits per heavy atom. The number of allylic oxidation sites excluding steroid dienone is 1. The zero-order chi connectivity index (χ0) is 11.3. The fraction of sp³-hybridized carbons (Fsp3) is 0.545. The Hall–Kier alpha value is -1.13. The zero-order valence-electron chi connectivity index (χ0n) is 8.98. The van der Waals surface area contributed by atoms with Crippen LogP contribution in [-0.2, 0) is 9.53 Å². The van der Waals surface area contributed by atoms with Crippen LogP contribution in [0.5, 0.6) is 0 Å². The van der Waals surface area contributed by atoms with Crippen molar-refractivity contribution in [3.8, 4) is 0 Å². The maximum atomic E-state index is 11.6. The van der Waals surface area contributed by atoms with Crippen LogP contribution in [0.4, 0.5) is 0 Å². The standard InChI is InChI=1S/C11H17NO3/c1-3-5-15-11(14)10-6-9(4-2)7-12(10)8-13/h3-4,10,13H,1,5-8H2,2H3. The summed E-state index contributed by atoms with van der Waals surface area (Å²) in [6.07, 6.45) is 4.16. The summed E-state index contributed by atoms with van der Waals surface area (Å²) in [5, 5.41) is 9.09. The first-order valence-corrected chi connectivity index (χ1v) is 4.99. The van der Waals surface area contributed by atoms with E-state index in [-0.39, 0.29) is 25.3 Å². The van der Waals surface area contributed by atoms with E-state index in [2.05, 4.69) is 6.58 Å². The fourth-order valence-corrected chi connectivity index (χ4v) is 1.64. The largest absolute Gasteiger partial charge is 0.460 e. The zero-order valence-corrected chi connectivity index (χ0v) is 8.98. The molecule has 4 heteroatoms. The van der Waals surface area contributed by atoms with Gasteiger partial charge in [0.15, 0.2) is 0 Å². The van der Waals surface area contributed by atoms with Crippen LogP contribution in [0.15, 0.2) is 24.3 Å². The molecule has 1 rings (SSSR count). The summed E-state index contributed by atoms with van der Waals surface area (Å²) in [6, 6.07) is -0.346. The Kier molecular flexibility index (Phi) is 4.52. The highest BCUT2D eigenvalue weighted by Gasteiger charge is 2.33. The molecule has 0 bridgehead atoms. The molecule has 0 spiro atoms. The van der Waals surface area contributed by atoms with Gasteiger partial charge in [-0.3, -0.25) is 9.69 Å². The summed E-state index contributed by atoms with van der Waals surface area (Å²) in [4.78, 5) is 13.3. The lowest BCUT2D eigenvalue weighted by atomic mass is 10.1. The summed E-state index contributed by atoms with van der Waals surface area (Å²) in [7, 11) is 0. The van der Waals surface area contributed by atoms with Crippen molar-refractivity contribution in [1.29, 1.82) is 0 Å². The highest BCUT2D eigenvalue weighted by molar-refractivity contribution is 5.77. The minimum absolute atomic E-state index is 0.120. The van der Waals surface area contributed by atoms with Crippen LogP contribution in [0.3, 0.4) is 0 Å². The molecule has 84 valence electrons. The number of aliphatic hydroxyl groups excluding tert-OH is 1. The van der Waals surface area contributed by atoms with Gasteiger partial charge >= 0.3 is 5.97 Å². The van der Waals surface area contributed by atoms with Gasteiger partial charge in [0, 0.05) is 6.54 Å². The normalized spacial score (nSPS) is 24.4. The van der Waals surface area contributed by atoms with E-state index in [1.54, 1.807) is 4.90 Å². The SMILES string of the molecule is C=CCOC(=O)C1CC(=CC)CN1CO. The van der Waals surface area contributed by atoms with E-state index >= 15 is 0 Å². The number of rotatable bonds is 4. The number of hydrogen-bond donors (Lipinski definition) is 1. The summed E-state index contributed by atoms with van der Waals surface area (Å²) in [6.45, 7) is 6.15. The fourth-order valence-electron chi connectivity index (χ4n) is 1.64. The number of aliphatic hydroxyl groups is 1. The Balaban J connectivity index is 2.59. The first-order chi connectivity index (χ1) is 7.22. The average Bonchev–Trinajstić information content (AvgIpc) is 2.69. The van der Waals surface area contributed by atoms with E-state index in [0.717, 1.165) is 5.57 Å². The average molecular weight is 211 g/mol. The van der Waals surface area contributed by atoms with E-state index < -0.39 is 0 Å². The molecule has 4 nitrogen and oxygen atoms in total. The molecule has 0 radical (unpaired) electrons. The van der Waals surface area contributed by atoms with Crippen molar-refractivity contribution in [1.82, 2.24) is 4.90 Å². The van der Waals surface area contributed by atoms with Crippen LogP contribution < -0.4 is 0 Å². The van der Waals surface area contributed by atoms with Gasteiger partial charge in [0.25, 0.3) is 0 Å². The number of esters is 1. The van der Waals surface area contributed by atoms with Crippen molar-refractivity contribution >= 4 is 5.97 Å². The van der Waals surface area contributed by atoms with Crippen LogP contribution >= 0.6 is 0 Å². The van der Waals surface area contributed by atoms with Crippen LogP contribution in [0.2, 0.25) is 0 Å². The lowest BCUT2D eigenvalue weighted by Crippen LogP contribution is -2.37. The van der Waals surface area contributed by atoms with Gasteiger partial charge in [-0.25, -0.2) is 0 Å². The second-order valence-electron chi connectivity index (χ2n) is 3.47. The van der Waals surface area contributed by atoms with Crippen molar-refractivity contribution in [2.45, 2.75) is 19.4 Å². The lowest BCUT2D eigenvalue weighted by Gasteiger charge is -2.19. The first kappa shape index (κ1) is 11.9. The van der Waals surface area contributed by atoms with Gasteiger partial charge in [0.2, 0.25) is 0 Å².